The molecule has 0 atom stereocenters. The van der Waals surface area contributed by atoms with Gasteiger partial charge in [0.1, 0.15) is 12.4 Å². The van der Waals surface area contributed by atoms with Crippen molar-refractivity contribution in [3.63, 3.8) is 0 Å². The number of ether oxygens (including phenoxy) is 2. The highest BCUT2D eigenvalue weighted by Gasteiger charge is 2.21. The monoisotopic (exact) mass is 245 g/mol. The fourth-order valence-electron chi connectivity index (χ4n) is 1.55. The van der Waals surface area contributed by atoms with Gasteiger partial charge in [-0.15, -0.1) is 0 Å². The fourth-order valence-corrected chi connectivity index (χ4v) is 1.76. The first-order valence-corrected chi connectivity index (χ1v) is 5.23. The van der Waals surface area contributed by atoms with Crippen molar-refractivity contribution in [2.24, 2.45) is 5.90 Å². The zero-order valence-corrected chi connectivity index (χ0v) is 9.29. The first-order chi connectivity index (χ1) is 7.74. The van der Waals surface area contributed by atoms with Crippen LogP contribution >= 0.6 is 11.6 Å². The Bertz CT molecular complexity index is 397. The van der Waals surface area contributed by atoms with E-state index in [9.17, 15) is 5.11 Å². The molecule has 0 aliphatic carbocycles. The molecular formula is C10H12ClNO4. The van der Waals surface area contributed by atoms with Crippen molar-refractivity contribution in [1.29, 1.82) is 0 Å². The summed E-state index contributed by atoms with van der Waals surface area (Å²) in [5, 5.41) is 9.96. The minimum absolute atomic E-state index is 0.0120. The zero-order valence-electron chi connectivity index (χ0n) is 8.53. The second-order valence-corrected chi connectivity index (χ2v) is 3.78. The number of benzene rings is 1. The number of fused-ring (bicyclic) bond motifs is 1. The van der Waals surface area contributed by atoms with E-state index in [2.05, 4.69) is 4.84 Å². The molecule has 1 aliphatic rings. The topological polar surface area (TPSA) is 73.9 Å². The van der Waals surface area contributed by atoms with E-state index >= 15 is 0 Å². The molecule has 0 radical (unpaired) electrons. The van der Waals surface area contributed by atoms with Crippen molar-refractivity contribution in [2.45, 2.75) is 13.0 Å². The maximum Gasteiger partial charge on any atom is 0.170 e. The van der Waals surface area contributed by atoms with E-state index in [1.807, 2.05) is 0 Å². The molecular weight excluding hydrogens is 234 g/mol. The van der Waals surface area contributed by atoms with E-state index in [-0.39, 0.29) is 17.4 Å². The van der Waals surface area contributed by atoms with Crippen LogP contribution in [0.3, 0.4) is 0 Å². The minimum Gasteiger partial charge on any atom is -0.506 e. The number of phenols is 1. The highest BCUT2D eigenvalue weighted by atomic mass is 35.5. The molecule has 0 bridgehead atoms. The second-order valence-electron chi connectivity index (χ2n) is 3.37. The Balaban J connectivity index is 2.51. The van der Waals surface area contributed by atoms with Gasteiger partial charge in [-0.3, -0.25) is 4.84 Å². The van der Waals surface area contributed by atoms with E-state index < -0.39 is 0 Å². The van der Waals surface area contributed by atoms with Crippen molar-refractivity contribution in [3.05, 3.63) is 16.7 Å². The first kappa shape index (κ1) is 11.3. The average Bonchev–Trinajstić information content (AvgIpc) is 2.50. The molecule has 88 valence electrons. The zero-order chi connectivity index (χ0) is 11.5. The fraction of sp³-hybridized carbons (Fsp3) is 0.400. The Morgan fingerprint density at radius 1 is 1.44 bits per heavy atom. The van der Waals surface area contributed by atoms with Gasteiger partial charge < -0.3 is 14.6 Å². The highest BCUT2D eigenvalue weighted by molar-refractivity contribution is 6.32. The average molecular weight is 246 g/mol. The van der Waals surface area contributed by atoms with Crippen LogP contribution in [-0.4, -0.2) is 18.3 Å². The molecule has 1 heterocycles. The largest absolute Gasteiger partial charge is 0.506 e. The maximum atomic E-state index is 9.77. The van der Waals surface area contributed by atoms with Gasteiger partial charge in [-0.25, -0.2) is 5.90 Å². The number of hydrogen-bond donors (Lipinski definition) is 2. The maximum absolute atomic E-state index is 9.77. The van der Waals surface area contributed by atoms with Crippen LogP contribution in [0.4, 0.5) is 0 Å². The van der Waals surface area contributed by atoms with Crippen LogP contribution in [0.2, 0.25) is 5.02 Å². The molecule has 0 aromatic heterocycles. The van der Waals surface area contributed by atoms with Gasteiger partial charge in [-0.1, -0.05) is 11.6 Å². The second kappa shape index (κ2) is 4.78. The minimum atomic E-state index is -0.0867. The summed E-state index contributed by atoms with van der Waals surface area (Å²) >= 11 is 5.86. The number of rotatable bonds is 2. The Labute approximate surface area is 97.6 Å². The van der Waals surface area contributed by atoms with Gasteiger partial charge in [0, 0.05) is 12.5 Å². The van der Waals surface area contributed by atoms with Gasteiger partial charge in [0.2, 0.25) is 0 Å². The summed E-state index contributed by atoms with van der Waals surface area (Å²) in [6.45, 7) is 1.08. The van der Waals surface area contributed by atoms with Gasteiger partial charge >= 0.3 is 0 Å². The van der Waals surface area contributed by atoms with Crippen molar-refractivity contribution in [1.82, 2.24) is 0 Å². The molecule has 0 amide bonds. The smallest absolute Gasteiger partial charge is 0.170 e. The predicted molar refractivity (Wildman–Crippen MR) is 57.7 cm³/mol. The molecule has 0 saturated heterocycles. The number of aromatic hydroxyl groups is 1. The Morgan fingerprint density at radius 2 is 2.19 bits per heavy atom. The molecule has 1 aromatic carbocycles. The van der Waals surface area contributed by atoms with Crippen LogP contribution in [0.5, 0.6) is 17.2 Å². The first-order valence-electron chi connectivity index (χ1n) is 4.85. The molecule has 0 fully saturated rings. The molecule has 1 aliphatic heterocycles. The molecule has 2 rings (SSSR count). The van der Waals surface area contributed by atoms with E-state index in [1.54, 1.807) is 0 Å². The van der Waals surface area contributed by atoms with Crippen molar-refractivity contribution in [2.75, 3.05) is 13.2 Å². The molecule has 6 heteroatoms. The molecule has 1 aromatic rings. The normalized spacial score (nSPS) is 14.6. The quantitative estimate of drug-likeness (QED) is 0.774. The Morgan fingerprint density at radius 3 is 2.94 bits per heavy atom. The van der Waals surface area contributed by atoms with Crippen molar-refractivity contribution >= 4 is 11.6 Å². The third-order valence-corrected chi connectivity index (χ3v) is 2.58. The van der Waals surface area contributed by atoms with Gasteiger partial charge in [-0.05, 0) is 0 Å². The number of hydrogen-bond acceptors (Lipinski definition) is 5. The standard InChI is InChI=1S/C10H12ClNO4/c11-7-4-8-10(15-3-1-2-14-8)6(5-16-12)9(7)13/h4,13H,1-3,5,12H2. The van der Waals surface area contributed by atoms with Crippen molar-refractivity contribution < 1.29 is 19.4 Å². The summed E-state index contributed by atoms with van der Waals surface area (Å²) in [6, 6.07) is 1.53. The lowest BCUT2D eigenvalue weighted by molar-refractivity contribution is 0.119. The Kier molecular flexibility index (Phi) is 3.38. The molecule has 3 N–H and O–H groups in total. The van der Waals surface area contributed by atoms with E-state index in [4.69, 9.17) is 27.0 Å². The lowest BCUT2D eigenvalue weighted by Gasteiger charge is -2.14. The van der Waals surface area contributed by atoms with Crippen LogP contribution in [0.25, 0.3) is 0 Å². The van der Waals surface area contributed by atoms with E-state index in [0.29, 0.717) is 30.3 Å². The summed E-state index contributed by atoms with van der Waals surface area (Å²) in [7, 11) is 0. The lowest BCUT2D eigenvalue weighted by atomic mass is 10.1. The van der Waals surface area contributed by atoms with Gasteiger partial charge in [0.15, 0.2) is 11.5 Å². The van der Waals surface area contributed by atoms with Crippen LogP contribution < -0.4 is 15.4 Å². The lowest BCUT2D eigenvalue weighted by Crippen LogP contribution is -2.03. The molecule has 0 saturated carbocycles. The number of nitrogens with two attached hydrogens (primary N) is 1. The summed E-state index contributed by atoms with van der Waals surface area (Å²) in [5.41, 5.74) is 0.409. The summed E-state index contributed by atoms with van der Waals surface area (Å²) in [6.07, 6.45) is 0.774. The third-order valence-electron chi connectivity index (χ3n) is 2.29. The summed E-state index contributed by atoms with van der Waals surface area (Å²) < 4.78 is 10.9. The molecule has 0 unspecified atom stereocenters. The van der Waals surface area contributed by atoms with Gasteiger partial charge in [-0.2, -0.15) is 0 Å². The van der Waals surface area contributed by atoms with Crippen LogP contribution in [0.15, 0.2) is 6.07 Å². The van der Waals surface area contributed by atoms with Gasteiger partial charge in [0.05, 0.1) is 23.8 Å². The summed E-state index contributed by atoms with van der Waals surface area (Å²) in [4.78, 5) is 4.52. The number of halogens is 1. The predicted octanol–water partition coefficient (Wildman–Crippen LogP) is 1.60. The van der Waals surface area contributed by atoms with Crippen LogP contribution in [-0.2, 0) is 11.4 Å². The summed E-state index contributed by atoms with van der Waals surface area (Å²) in [5.74, 6) is 5.87. The van der Waals surface area contributed by atoms with Crippen LogP contribution in [0.1, 0.15) is 12.0 Å². The Hall–Kier alpha value is -1.17. The van der Waals surface area contributed by atoms with Crippen molar-refractivity contribution in [3.8, 4) is 17.2 Å². The molecule has 5 nitrogen and oxygen atoms in total. The van der Waals surface area contributed by atoms with E-state index in [1.165, 1.54) is 6.07 Å². The SMILES string of the molecule is NOCc1c(O)c(Cl)cc2c1OCCCO2. The van der Waals surface area contributed by atoms with Gasteiger partial charge in [0.25, 0.3) is 0 Å². The highest BCUT2D eigenvalue weighted by Crippen LogP contribution is 2.43. The molecule has 0 spiro atoms. The third kappa shape index (κ3) is 2.02. The van der Waals surface area contributed by atoms with Crippen LogP contribution in [0, 0.1) is 0 Å². The van der Waals surface area contributed by atoms with E-state index in [0.717, 1.165) is 6.42 Å². The molecule has 16 heavy (non-hydrogen) atoms. The number of phenolic OH excluding ortho intramolecular Hbond substituents is 1.